The molecule has 1 aliphatic heterocycles. The van der Waals surface area contributed by atoms with Gasteiger partial charge in [0.05, 0.1) is 0 Å². The van der Waals surface area contributed by atoms with Gasteiger partial charge < -0.3 is 9.84 Å². The zero-order valence-electron chi connectivity index (χ0n) is 13.1. The maximum Gasteiger partial charge on any atom is 0.348 e. The Hall–Kier alpha value is -3.04. The van der Waals surface area contributed by atoms with Crippen LogP contribution in [0.4, 0.5) is 0 Å². The summed E-state index contributed by atoms with van der Waals surface area (Å²) in [5.74, 6) is -0.599. The van der Waals surface area contributed by atoms with E-state index in [1.54, 1.807) is 30.3 Å². The SMILES string of the molecule is O=C1OC(=Cc2cccc3ccccc23)C(O)=C1c1ccc(Cl)cc1. The molecule has 3 aromatic carbocycles. The molecule has 1 aliphatic rings. The van der Waals surface area contributed by atoms with Crippen LogP contribution < -0.4 is 0 Å². The maximum atomic E-state index is 12.2. The number of aliphatic hydroxyl groups is 1. The number of carbonyl (C=O) groups excluding carboxylic acids is 1. The van der Waals surface area contributed by atoms with E-state index in [1.807, 2.05) is 42.5 Å². The Morgan fingerprint density at radius 3 is 2.44 bits per heavy atom. The number of hydrogen-bond donors (Lipinski definition) is 1. The molecule has 25 heavy (non-hydrogen) atoms. The summed E-state index contributed by atoms with van der Waals surface area (Å²) in [6.45, 7) is 0. The molecule has 4 heteroatoms. The van der Waals surface area contributed by atoms with Gasteiger partial charge in [-0.1, -0.05) is 66.2 Å². The van der Waals surface area contributed by atoms with E-state index in [0.29, 0.717) is 10.6 Å². The zero-order valence-corrected chi connectivity index (χ0v) is 13.8. The van der Waals surface area contributed by atoms with E-state index < -0.39 is 5.97 Å². The van der Waals surface area contributed by atoms with Gasteiger partial charge in [0.25, 0.3) is 0 Å². The molecule has 0 aromatic heterocycles. The van der Waals surface area contributed by atoms with E-state index in [-0.39, 0.29) is 17.1 Å². The average Bonchev–Trinajstić information content (AvgIpc) is 2.90. The van der Waals surface area contributed by atoms with Gasteiger partial charge in [-0.15, -0.1) is 0 Å². The van der Waals surface area contributed by atoms with Crippen molar-refractivity contribution >= 4 is 40.0 Å². The Kier molecular flexibility index (Phi) is 3.79. The Balaban J connectivity index is 1.82. The first kappa shape index (κ1) is 15.5. The van der Waals surface area contributed by atoms with Crippen molar-refractivity contribution in [3.63, 3.8) is 0 Å². The third kappa shape index (κ3) is 2.79. The Bertz CT molecular complexity index is 1040. The zero-order chi connectivity index (χ0) is 17.4. The van der Waals surface area contributed by atoms with Crippen molar-refractivity contribution < 1.29 is 14.6 Å². The molecule has 0 radical (unpaired) electrons. The van der Waals surface area contributed by atoms with Gasteiger partial charge in [0, 0.05) is 5.02 Å². The lowest BCUT2D eigenvalue weighted by Gasteiger charge is -2.03. The van der Waals surface area contributed by atoms with Crippen molar-refractivity contribution in [1.29, 1.82) is 0 Å². The van der Waals surface area contributed by atoms with Gasteiger partial charge in [-0.25, -0.2) is 4.79 Å². The summed E-state index contributed by atoms with van der Waals surface area (Å²) in [6, 6.07) is 20.4. The van der Waals surface area contributed by atoms with Crippen LogP contribution >= 0.6 is 11.6 Å². The third-order valence-corrected chi connectivity index (χ3v) is 4.37. The molecule has 0 fully saturated rings. The molecule has 0 atom stereocenters. The Labute approximate surface area is 149 Å². The Morgan fingerprint density at radius 1 is 0.920 bits per heavy atom. The van der Waals surface area contributed by atoms with Crippen LogP contribution in [0.15, 0.2) is 78.2 Å². The molecule has 1 heterocycles. The number of fused-ring (bicyclic) bond motifs is 1. The summed E-state index contributed by atoms with van der Waals surface area (Å²) in [7, 11) is 0. The van der Waals surface area contributed by atoms with Crippen LogP contribution in [0.3, 0.4) is 0 Å². The van der Waals surface area contributed by atoms with E-state index in [1.165, 1.54) is 0 Å². The highest BCUT2D eigenvalue weighted by atomic mass is 35.5. The topological polar surface area (TPSA) is 46.5 Å². The van der Waals surface area contributed by atoms with Crippen LogP contribution in [-0.2, 0) is 9.53 Å². The fourth-order valence-electron chi connectivity index (χ4n) is 2.91. The highest BCUT2D eigenvalue weighted by Crippen LogP contribution is 2.34. The molecular weight excluding hydrogens is 336 g/mol. The van der Waals surface area contributed by atoms with Gasteiger partial charge in [-0.2, -0.15) is 0 Å². The van der Waals surface area contributed by atoms with Crippen molar-refractivity contribution in [2.24, 2.45) is 0 Å². The molecule has 0 saturated carbocycles. The number of esters is 1. The summed E-state index contributed by atoms with van der Waals surface area (Å²) in [6.07, 6.45) is 1.68. The van der Waals surface area contributed by atoms with E-state index in [2.05, 4.69) is 0 Å². The highest BCUT2D eigenvalue weighted by molar-refractivity contribution is 6.30. The summed E-state index contributed by atoms with van der Waals surface area (Å²) in [4.78, 5) is 12.2. The minimum absolute atomic E-state index is 0.142. The molecule has 3 aromatic rings. The molecular formula is C21H13ClO3. The summed E-state index contributed by atoms with van der Waals surface area (Å²) in [5, 5.41) is 13.2. The van der Waals surface area contributed by atoms with Crippen LogP contribution in [-0.4, -0.2) is 11.1 Å². The molecule has 0 amide bonds. The molecule has 0 aliphatic carbocycles. The molecule has 1 N–H and O–H groups in total. The van der Waals surface area contributed by atoms with E-state index in [0.717, 1.165) is 16.3 Å². The van der Waals surface area contributed by atoms with Gasteiger partial charge in [0.1, 0.15) is 5.57 Å². The number of halogens is 1. The van der Waals surface area contributed by atoms with Gasteiger partial charge in [0.2, 0.25) is 0 Å². The van der Waals surface area contributed by atoms with Gasteiger partial charge in [-0.3, -0.25) is 0 Å². The van der Waals surface area contributed by atoms with E-state index in [4.69, 9.17) is 16.3 Å². The number of ether oxygens (including phenoxy) is 1. The fourth-order valence-corrected chi connectivity index (χ4v) is 3.03. The molecule has 3 nitrogen and oxygen atoms in total. The second-order valence-corrected chi connectivity index (χ2v) is 6.13. The largest absolute Gasteiger partial charge is 0.504 e. The van der Waals surface area contributed by atoms with Gasteiger partial charge in [0.15, 0.2) is 11.5 Å². The van der Waals surface area contributed by atoms with Crippen molar-refractivity contribution in [3.8, 4) is 0 Å². The lowest BCUT2D eigenvalue weighted by Crippen LogP contribution is -1.98. The standard InChI is InChI=1S/C21H13ClO3/c22-16-10-8-14(9-11-16)19-20(23)18(25-21(19)24)12-15-6-3-5-13-4-1-2-7-17(13)15/h1-12,23H. The number of rotatable bonds is 2. The van der Waals surface area contributed by atoms with Crippen LogP contribution in [0.5, 0.6) is 0 Å². The molecule has 4 rings (SSSR count). The summed E-state index contributed by atoms with van der Waals surface area (Å²) < 4.78 is 5.29. The molecule has 0 bridgehead atoms. The van der Waals surface area contributed by atoms with Crippen LogP contribution in [0.1, 0.15) is 11.1 Å². The second kappa shape index (κ2) is 6.11. The van der Waals surface area contributed by atoms with Crippen LogP contribution in [0.25, 0.3) is 22.4 Å². The summed E-state index contributed by atoms with van der Waals surface area (Å²) >= 11 is 5.88. The smallest absolute Gasteiger partial charge is 0.348 e. The number of benzene rings is 3. The monoisotopic (exact) mass is 348 g/mol. The van der Waals surface area contributed by atoms with Crippen LogP contribution in [0, 0.1) is 0 Å². The van der Waals surface area contributed by atoms with Crippen molar-refractivity contribution in [2.75, 3.05) is 0 Å². The number of hydrogen-bond acceptors (Lipinski definition) is 3. The summed E-state index contributed by atoms with van der Waals surface area (Å²) in [5.41, 5.74) is 1.57. The molecule has 0 unspecified atom stereocenters. The predicted octanol–water partition coefficient (Wildman–Crippen LogP) is 5.36. The molecule has 0 saturated heterocycles. The van der Waals surface area contributed by atoms with Gasteiger partial charge >= 0.3 is 5.97 Å². The quantitative estimate of drug-likeness (QED) is 0.634. The van der Waals surface area contributed by atoms with Crippen molar-refractivity contribution in [2.45, 2.75) is 0 Å². The highest BCUT2D eigenvalue weighted by Gasteiger charge is 2.31. The van der Waals surface area contributed by atoms with Crippen LogP contribution in [0.2, 0.25) is 5.02 Å². The molecule has 0 spiro atoms. The number of carbonyl (C=O) groups is 1. The first-order chi connectivity index (χ1) is 12.1. The maximum absolute atomic E-state index is 12.2. The lowest BCUT2D eigenvalue weighted by molar-refractivity contribution is -0.131. The minimum atomic E-state index is -0.577. The van der Waals surface area contributed by atoms with Crippen molar-refractivity contribution in [3.05, 3.63) is 94.4 Å². The average molecular weight is 349 g/mol. The van der Waals surface area contributed by atoms with Gasteiger partial charge in [-0.05, 0) is 40.1 Å². The third-order valence-electron chi connectivity index (χ3n) is 4.12. The number of aliphatic hydroxyl groups excluding tert-OH is 1. The van der Waals surface area contributed by atoms with Crippen molar-refractivity contribution in [1.82, 2.24) is 0 Å². The predicted molar refractivity (Wildman–Crippen MR) is 99.0 cm³/mol. The van der Waals surface area contributed by atoms with E-state index >= 15 is 0 Å². The first-order valence-electron chi connectivity index (χ1n) is 7.75. The lowest BCUT2D eigenvalue weighted by atomic mass is 10.0. The normalized spacial score (nSPS) is 15.9. The number of cyclic esters (lactones) is 1. The molecule has 122 valence electrons. The minimum Gasteiger partial charge on any atom is -0.504 e. The second-order valence-electron chi connectivity index (χ2n) is 5.70. The Morgan fingerprint density at radius 2 is 1.64 bits per heavy atom. The first-order valence-corrected chi connectivity index (χ1v) is 8.12. The fraction of sp³-hybridized carbons (Fsp3) is 0. The van der Waals surface area contributed by atoms with E-state index in [9.17, 15) is 9.90 Å².